The molecule has 0 spiro atoms. The fraction of sp³-hybridized carbons (Fsp3) is 0.200. The largest absolute Gasteiger partial charge is 0.508 e. The van der Waals surface area contributed by atoms with E-state index in [4.69, 9.17) is 9.47 Å². The third-order valence-electron chi connectivity index (χ3n) is 7.63. The highest BCUT2D eigenvalue weighted by Gasteiger charge is 2.45. The highest BCUT2D eigenvalue weighted by atomic mass is 16.5. The van der Waals surface area contributed by atoms with Crippen molar-refractivity contribution in [3.05, 3.63) is 94.5 Å². The lowest BCUT2D eigenvalue weighted by Gasteiger charge is -2.39. The van der Waals surface area contributed by atoms with Gasteiger partial charge in [-0.15, -0.1) is 0 Å². The van der Waals surface area contributed by atoms with Crippen LogP contribution in [-0.2, 0) is 0 Å². The van der Waals surface area contributed by atoms with Crippen molar-refractivity contribution in [3.63, 3.8) is 0 Å². The van der Waals surface area contributed by atoms with Gasteiger partial charge >= 0.3 is 0 Å². The van der Waals surface area contributed by atoms with Crippen molar-refractivity contribution < 1.29 is 55.4 Å². The highest BCUT2D eigenvalue weighted by Crippen LogP contribution is 2.57. The van der Waals surface area contributed by atoms with E-state index in [1.54, 1.807) is 0 Å². The number of phenolic OH excluding ortho intramolecular Hbond substituents is 6. The Bertz CT molecular complexity index is 1620. The van der Waals surface area contributed by atoms with Crippen LogP contribution >= 0.6 is 0 Å². The second-order valence-electron chi connectivity index (χ2n) is 10.1. The molecule has 11 heteroatoms. The molecule has 0 unspecified atom stereocenters. The van der Waals surface area contributed by atoms with Crippen molar-refractivity contribution in [1.29, 1.82) is 0 Å². The number of hydrogen-bond donors (Lipinski definition) is 9. The monoisotopic (exact) mass is 562 g/mol. The maximum atomic E-state index is 11.6. The van der Waals surface area contributed by atoms with E-state index >= 15 is 0 Å². The van der Waals surface area contributed by atoms with E-state index in [1.807, 2.05) is 0 Å². The normalized spacial score (nSPS) is 25.0. The number of aromatic hydroxyl groups is 6. The van der Waals surface area contributed by atoms with E-state index in [9.17, 15) is 46.0 Å². The zero-order valence-corrected chi connectivity index (χ0v) is 21.2. The summed E-state index contributed by atoms with van der Waals surface area (Å²) < 4.78 is 11.7. The Morgan fingerprint density at radius 1 is 0.488 bits per heavy atom. The van der Waals surface area contributed by atoms with Gasteiger partial charge in [-0.1, -0.05) is 30.3 Å². The van der Waals surface area contributed by atoms with Gasteiger partial charge in [0.2, 0.25) is 11.5 Å². The minimum atomic E-state index is -1.60. The van der Waals surface area contributed by atoms with Crippen LogP contribution in [0.5, 0.6) is 46.0 Å². The van der Waals surface area contributed by atoms with Crippen LogP contribution in [0, 0.1) is 0 Å². The van der Waals surface area contributed by atoms with Crippen molar-refractivity contribution in [2.75, 3.05) is 0 Å². The van der Waals surface area contributed by atoms with Crippen molar-refractivity contribution >= 4 is 0 Å². The number of aliphatic hydroxyl groups is 3. The first-order chi connectivity index (χ1) is 19.6. The zero-order valence-electron chi connectivity index (χ0n) is 21.2. The molecule has 9 N–H and O–H groups in total. The third kappa shape index (κ3) is 4.18. The van der Waals surface area contributed by atoms with Crippen LogP contribution in [0.4, 0.5) is 0 Å². The van der Waals surface area contributed by atoms with Gasteiger partial charge in [-0.25, -0.2) is 0 Å². The second-order valence-corrected chi connectivity index (χ2v) is 10.1. The summed E-state index contributed by atoms with van der Waals surface area (Å²) >= 11 is 0. The molecule has 0 aliphatic carbocycles. The predicted molar refractivity (Wildman–Crippen MR) is 141 cm³/mol. The first-order valence-electron chi connectivity index (χ1n) is 12.7. The molecule has 6 atom stereocenters. The summed E-state index contributed by atoms with van der Waals surface area (Å²) in [5, 5.41) is 96.0. The lowest BCUT2D eigenvalue weighted by Crippen LogP contribution is -2.36. The molecule has 0 fully saturated rings. The zero-order chi connectivity index (χ0) is 29.2. The lowest BCUT2D eigenvalue weighted by molar-refractivity contribution is -0.0711. The molecular formula is C30H26O11. The number of benzene rings is 4. The van der Waals surface area contributed by atoms with Gasteiger partial charge in [0.1, 0.15) is 29.8 Å². The molecule has 0 saturated heterocycles. The summed E-state index contributed by atoms with van der Waals surface area (Å²) in [6.45, 7) is 0. The fourth-order valence-electron chi connectivity index (χ4n) is 5.52. The number of aliphatic hydroxyl groups excluding tert-OH is 3. The van der Waals surface area contributed by atoms with Crippen LogP contribution in [0.15, 0.2) is 66.7 Å². The summed E-state index contributed by atoms with van der Waals surface area (Å²) in [5.41, 5.74) is 0.799. The van der Waals surface area contributed by atoms with Gasteiger partial charge in [-0.3, -0.25) is 0 Å². The number of rotatable bonds is 3. The summed E-state index contributed by atoms with van der Waals surface area (Å²) in [4.78, 5) is 0. The molecule has 4 aromatic rings. The van der Waals surface area contributed by atoms with Crippen LogP contribution in [0.1, 0.15) is 52.0 Å². The molecule has 0 bridgehead atoms. The van der Waals surface area contributed by atoms with Gasteiger partial charge in [0.05, 0.1) is 0 Å². The van der Waals surface area contributed by atoms with E-state index in [2.05, 4.69) is 0 Å². The maximum Gasteiger partial charge on any atom is 0.201 e. The Morgan fingerprint density at radius 2 is 1.00 bits per heavy atom. The third-order valence-corrected chi connectivity index (χ3v) is 7.63. The minimum absolute atomic E-state index is 0.0228. The lowest BCUT2D eigenvalue weighted by atomic mass is 9.78. The van der Waals surface area contributed by atoms with Gasteiger partial charge in [0.15, 0.2) is 35.2 Å². The van der Waals surface area contributed by atoms with Crippen molar-refractivity contribution in [3.8, 4) is 46.0 Å². The first-order valence-corrected chi connectivity index (χ1v) is 12.7. The smallest absolute Gasteiger partial charge is 0.201 e. The van der Waals surface area contributed by atoms with Crippen LogP contribution in [0.3, 0.4) is 0 Å². The van der Waals surface area contributed by atoms with E-state index in [0.717, 1.165) is 0 Å². The molecule has 0 aromatic heterocycles. The average Bonchev–Trinajstić information content (AvgIpc) is 2.96. The topological polar surface area (TPSA) is 201 Å². The van der Waals surface area contributed by atoms with Crippen LogP contribution in [-0.4, -0.2) is 58.2 Å². The van der Waals surface area contributed by atoms with Crippen LogP contribution in [0.2, 0.25) is 0 Å². The van der Waals surface area contributed by atoms with E-state index in [0.29, 0.717) is 11.1 Å². The van der Waals surface area contributed by atoms with E-state index in [-0.39, 0.29) is 39.7 Å². The van der Waals surface area contributed by atoms with Gasteiger partial charge in [0, 0.05) is 22.6 Å². The first kappa shape index (κ1) is 26.4. The number of ether oxygens (including phenoxy) is 2. The molecule has 2 heterocycles. The molecular weight excluding hydrogens is 536 g/mol. The summed E-state index contributed by atoms with van der Waals surface area (Å²) in [5.74, 6) is -4.25. The Labute approximate surface area is 232 Å². The Kier molecular flexibility index (Phi) is 6.22. The SMILES string of the molecule is Oc1ccc([C@H]2Oc3c(cc([C@@H]4c5ccc(O)c(O)c5O[C@@H](c5ccc(O)cc5)[C@@H]4O)c(O)c3O)[C@@H](O)[C@H]2O)cc1. The predicted octanol–water partition coefficient (Wildman–Crippen LogP) is 3.07. The van der Waals surface area contributed by atoms with Crippen LogP contribution < -0.4 is 9.47 Å². The molecule has 0 saturated carbocycles. The molecule has 212 valence electrons. The standard InChI is InChI=1S/C30H26O11/c31-14-5-1-12(2-6-14)27-24(37)20(16-9-10-19(33)23(36)29(16)40-27)17-11-18-22(35)25(38)28(13-3-7-15(32)8-4-13)41-30(18)26(39)21(17)34/h1-11,20,22,24-25,27-28,31-39H/t20-,22+,24+,25+,27-,28+/m0/s1. The van der Waals surface area contributed by atoms with Gasteiger partial charge < -0.3 is 55.4 Å². The van der Waals surface area contributed by atoms with Crippen molar-refractivity contribution in [1.82, 2.24) is 0 Å². The summed E-state index contributed by atoms with van der Waals surface area (Å²) in [7, 11) is 0. The fourth-order valence-corrected chi connectivity index (χ4v) is 5.52. The number of phenols is 6. The molecule has 11 nitrogen and oxygen atoms in total. The number of fused-ring (bicyclic) bond motifs is 2. The molecule has 2 aliphatic rings. The Balaban J connectivity index is 1.49. The maximum absolute atomic E-state index is 11.6. The molecule has 6 rings (SSSR count). The van der Waals surface area contributed by atoms with Gasteiger partial charge in [-0.05, 0) is 47.5 Å². The molecule has 2 aliphatic heterocycles. The highest BCUT2D eigenvalue weighted by molar-refractivity contribution is 5.65. The van der Waals surface area contributed by atoms with E-state index in [1.165, 1.54) is 66.7 Å². The summed E-state index contributed by atoms with van der Waals surface area (Å²) in [6, 6.07) is 15.3. The Hall–Kier alpha value is -4.84. The molecule has 41 heavy (non-hydrogen) atoms. The summed E-state index contributed by atoms with van der Waals surface area (Å²) in [6.07, 6.45) is -6.87. The quantitative estimate of drug-likeness (QED) is 0.166. The van der Waals surface area contributed by atoms with Crippen molar-refractivity contribution in [2.24, 2.45) is 0 Å². The van der Waals surface area contributed by atoms with Crippen LogP contribution in [0.25, 0.3) is 0 Å². The van der Waals surface area contributed by atoms with Gasteiger partial charge in [0.25, 0.3) is 0 Å². The number of hydrogen-bond acceptors (Lipinski definition) is 11. The molecule has 0 amide bonds. The van der Waals surface area contributed by atoms with E-state index < -0.39 is 59.4 Å². The average molecular weight is 563 g/mol. The second kappa shape index (κ2) is 9.66. The minimum Gasteiger partial charge on any atom is -0.508 e. The van der Waals surface area contributed by atoms with Gasteiger partial charge in [-0.2, -0.15) is 0 Å². The molecule has 4 aromatic carbocycles. The molecule has 0 radical (unpaired) electrons. The Morgan fingerprint density at radius 3 is 1.56 bits per heavy atom. The van der Waals surface area contributed by atoms with Crippen molar-refractivity contribution in [2.45, 2.75) is 36.4 Å².